The molecule has 0 unspecified atom stereocenters. The number of imidazole rings is 1. The van der Waals surface area contributed by atoms with E-state index in [4.69, 9.17) is 4.74 Å². The molecule has 3 rings (SSSR count). The Kier molecular flexibility index (Phi) is 5.33. The van der Waals surface area contributed by atoms with E-state index in [9.17, 15) is 9.59 Å². The first-order valence-corrected chi connectivity index (χ1v) is 8.67. The molecule has 7 nitrogen and oxygen atoms in total. The molecule has 1 aromatic heterocycles. The molecule has 2 N–H and O–H groups in total. The van der Waals surface area contributed by atoms with Crippen LogP contribution in [0.3, 0.4) is 0 Å². The Morgan fingerprint density at radius 3 is 2.96 bits per heavy atom. The van der Waals surface area contributed by atoms with Crippen molar-refractivity contribution in [3.05, 3.63) is 24.0 Å². The van der Waals surface area contributed by atoms with E-state index >= 15 is 0 Å². The molecular weight excluding hydrogens is 320 g/mol. The fourth-order valence-corrected chi connectivity index (χ4v) is 3.11. The molecule has 0 saturated carbocycles. The molecule has 134 valence electrons. The highest BCUT2D eigenvalue weighted by Crippen LogP contribution is 2.20. The number of carbonyl (C=O) groups excluding carboxylic acids is 2. The lowest BCUT2D eigenvalue weighted by atomic mass is 10.2. The largest absolute Gasteiger partial charge is 0.368 e. The molecule has 1 atom stereocenters. The average Bonchev–Trinajstić information content (AvgIpc) is 3.20. The number of nitrogens with zero attached hydrogens (tertiary/aromatic N) is 2. The predicted octanol–water partition coefficient (Wildman–Crippen LogP) is 1.76. The first kappa shape index (κ1) is 17.4. The molecule has 1 aromatic carbocycles. The van der Waals surface area contributed by atoms with E-state index in [1.807, 2.05) is 25.2 Å². The summed E-state index contributed by atoms with van der Waals surface area (Å²) in [6, 6.07) is 5.70. The number of aryl methyl sites for hydroxylation is 2. The molecule has 2 amide bonds. The molecule has 0 radical (unpaired) electrons. The lowest BCUT2D eigenvalue weighted by molar-refractivity contribution is -0.130. The highest BCUT2D eigenvalue weighted by Gasteiger charge is 2.22. The van der Waals surface area contributed by atoms with Gasteiger partial charge in [-0.25, -0.2) is 4.98 Å². The van der Waals surface area contributed by atoms with Gasteiger partial charge in [-0.3, -0.25) is 9.59 Å². The van der Waals surface area contributed by atoms with Crippen molar-refractivity contribution in [1.29, 1.82) is 0 Å². The summed E-state index contributed by atoms with van der Waals surface area (Å²) in [6.45, 7) is 2.77. The second kappa shape index (κ2) is 7.65. The summed E-state index contributed by atoms with van der Waals surface area (Å²) in [5.41, 5.74) is 2.62. The van der Waals surface area contributed by atoms with E-state index in [-0.39, 0.29) is 17.9 Å². The van der Waals surface area contributed by atoms with Crippen LogP contribution >= 0.6 is 0 Å². The van der Waals surface area contributed by atoms with Crippen LogP contribution in [0.4, 0.5) is 5.69 Å². The van der Waals surface area contributed by atoms with Crippen molar-refractivity contribution in [1.82, 2.24) is 14.9 Å². The molecule has 25 heavy (non-hydrogen) atoms. The molecule has 0 aliphatic carbocycles. The van der Waals surface area contributed by atoms with Crippen LogP contribution in [-0.4, -0.2) is 40.6 Å². The molecule has 0 spiro atoms. The average molecular weight is 344 g/mol. The second-order valence-corrected chi connectivity index (χ2v) is 6.37. The zero-order valence-electron chi connectivity index (χ0n) is 14.7. The fourth-order valence-electron chi connectivity index (χ4n) is 3.11. The van der Waals surface area contributed by atoms with E-state index in [2.05, 4.69) is 20.2 Å². The number of rotatable bonds is 6. The summed E-state index contributed by atoms with van der Waals surface area (Å²) in [4.78, 5) is 27.7. The van der Waals surface area contributed by atoms with Crippen LogP contribution < -0.4 is 10.6 Å². The number of carbonyl (C=O) groups is 2. The van der Waals surface area contributed by atoms with Gasteiger partial charge in [-0.05, 0) is 37.5 Å². The summed E-state index contributed by atoms with van der Waals surface area (Å²) in [7, 11) is 1.98. The van der Waals surface area contributed by atoms with E-state index in [0.717, 1.165) is 48.2 Å². The van der Waals surface area contributed by atoms with Crippen molar-refractivity contribution in [3.63, 3.8) is 0 Å². The number of amides is 2. The fraction of sp³-hybridized carbons (Fsp3) is 0.500. The van der Waals surface area contributed by atoms with Gasteiger partial charge in [0.15, 0.2) is 0 Å². The second-order valence-electron chi connectivity index (χ2n) is 6.37. The van der Waals surface area contributed by atoms with Gasteiger partial charge in [-0.2, -0.15) is 0 Å². The third kappa shape index (κ3) is 4.17. The van der Waals surface area contributed by atoms with Crippen LogP contribution in [0.15, 0.2) is 18.2 Å². The van der Waals surface area contributed by atoms with Gasteiger partial charge in [0, 0.05) is 39.2 Å². The maximum absolute atomic E-state index is 11.9. The molecule has 1 saturated heterocycles. The zero-order valence-corrected chi connectivity index (χ0v) is 14.7. The van der Waals surface area contributed by atoms with E-state index in [1.165, 1.54) is 6.92 Å². The normalized spacial score (nSPS) is 17.0. The Morgan fingerprint density at radius 2 is 2.24 bits per heavy atom. The van der Waals surface area contributed by atoms with Gasteiger partial charge >= 0.3 is 0 Å². The van der Waals surface area contributed by atoms with Gasteiger partial charge in [0.1, 0.15) is 11.9 Å². The number of aromatic nitrogens is 2. The molecular formula is C18H24N4O3. The predicted molar refractivity (Wildman–Crippen MR) is 95.3 cm³/mol. The van der Waals surface area contributed by atoms with E-state index < -0.39 is 0 Å². The van der Waals surface area contributed by atoms with Crippen molar-refractivity contribution in [2.24, 2.45) is 7.05 Å². The third-order valence-corrected chi connectivity index (χ3v) is 4.39. The topological polar surface area (TPSA) is 85.2 Å². The Balaban J connectivity index is 1.56. The highest BCUT2D eigenvalue weighted by molar-refractivity contribution is 5.91. The van der Waals surface area contributed by atoms with Gasteiger partial charge in [0.05, 0.1) is 11.0 Å². The van der Waals surface area contributed by atoms with Crippen LogP contribution in [0.2, 0.25) is 0 Å². The lowest BCUT2D eigenvalue weighted by Crippen LogP contribution is -2.34. The number of ether oxygens (including phenoxy) is 1. The van der Waals surface area contributed by atoms with Crippen LogP contribution in [0.1, 0.15) is 32.0 Å². The number of hydrogen-bond acceptors (Lipinski definition) is 4. The molecule has 2 heterocycles. The van der Waals surface area contributed by atoms with Crippen molar-refractivity contribution >= 4 is 28.5 Å². The standard InChI is InChI=1S/C18H24N4O3/c1-12(23)20-13-7-8-15-14(11-13)21-17(22(15)2)6-3-9-19-18(24)16-5-4-10-25-16/h7-8,11,16H,3-6,9-10H2,1-2H3,(H,19,24)(H,20,23)/t16-/m1/s1. The first-order chi connectivity index (χ1) is 12.0. The zero-order chi connectivity index (χ0) is 17.8. The van der Waals surface area contributed by atoms with Crippen molar-refractivity contribution < 1.29 is 14.3 Å². The smallest absolute Gasteiger partial charge is 0.249 e. The van der Waals surface area contributed by atoms with E-state index in [1.54, 1.807) is 0 Å². The Morgan fingerprint density at radius 1 is 1.40 bits per heavy atom. The quantitative estimate of drug-likeness (QED) is 0.782. The first-order valence-electron chi connectivity index (χ1n) is 8.67. The Labute approximate surface area is 146 Å². The van der Waals surface area contributed by atoms with Crippen LogP contribution in [-0.2, 0) is 27.8 Å². The highest BCUT2D eigenvalue weighted by atomic mass is 16.5. The summed E-state index contributed by atoms with van der Waals surface area (Å²) >= 11 is 0. The van der Waals surface area contributed by atoms with Crippen molar-refractivity contribution in [2.75, 3.05) is 18.5 Å². The number of hydrogen-bond donors (Lipinski definition) is 2. The maximum Gasteiger partial charge on any atom is 0.249 e. The van der Waals surface area contributed by atoms with Crippen LogP contribution in [0.25, 0.3) is 11.0 Å². The summed E-state index contributed by atoms with van der Waals surface area (Å²) in [5.74, 6) is 0.848. The number of fused-ring (bicyclic) bond motifs is 1. The number of benzene rings is 1. The Hall–Kier alpha value is -2.41. The molecule has 1 aliphatic rings. The molecule has 1 aliphatic heterocycles. The molecule has 0 bridgehead atoms. The van der Waals surface area contributed by atoms with Crippen LogP contribution in [0, 0.1) is 0 Å². The van der Waals surface area contributed by atoms with Crippen LogP contribution in [0.5, 0.6) is 0 Å². The monoisotopic (exact) mass is 344 g/mol. The van der Waals surface area contributed by atoms with Gasteiger partial charge < -0.3 is 19.9 Å². The minimum atomic E-state index is -0.275. The summed E-state index contributed by atoms with van der Waals surface area (Å²) in [6.07, 6.45) is 3.08. The van der Waals surface area contributed by atoms with Crippen molar-refractivity contribution in [3.8, 4) is 0 Å². The maximum atomic E-state index is 11.9. The van der Waals surface area contributed by atoms with Crippen molar-refractivity contribution in [2.45, 2.75) is 38.7 Å². The number of nitrogens with one attached hydrogen (secondary N) is 2. The Bertz CT molecular complexity index is 778. The summed E-state index contributed by atoms with van der Waals surface area (Å²) in [5, 5.41) is 5.70. The summed E-state index contributed by atoms with van der Waals surface area (Å²) < 4.78 is 7.42. The van der Waals surface area contributed by atoms with Gasteiger partial charge in [0.2, 0.25) is 11.8 Å². The van der Waals surface area contributed by atoms with Gasteiger partial charge in [-0.15, -0.1) is 0 Å². The minimum Gasteiger partial charge on any atom is -0.368 e. The SMILES string of the molecule is CC(=O)Nc1ccc2c(c1)nc(CCCNC(=O)[C@H]1CCCO1)n2C. The lowest BCUT2D eigenvalue weighted by Gasteiger charge is -2.10. The number of anilines is 1. The van der Waals surface area contributed by atoms with Gasteiger partial charge in [-0.1, -0.05) is 0 Å². The molecule has 2 aromatic rings. The van der Waals surface area contributed by atoms with Gasteiger partial charge in [0.25, 0.3) is 0 Å². The third-order valence-electron chi connectivity index (χ3n) is 4.39. The molecule has 1 fully saturated rings. The minimum absolute atomic E-state index is 0.0116. The molecule has 7 heteroatoms. The van der Waals surface area contributed by atoms with E-state index in [0.29, 0.717) is 13.2 Å².